The van der Waals surface area contributed by atoms with Crippen molar-refractivity contribution in [1.29, 1.82) is 0 Å². The third-order valence-electron chi connectivity index (χ3n) is 4.21. The molecule has 0 unspecified atom stereocenters. The second-order valence-electron chi connectivity index (χ2n) is 5.85. The normalized spacial score (nSPS) is 22.5. The number of likely N-dealkylation sites (tertiary alicyclic amines) is 1. The number of rotatable bonds is 4. The van der Waals surface area contributed by atoms with Crippen molar-refractivity contribution in [1.82, 2.24) is 4.90 Å². The van der Waals surface area contributed by atoms with Gasteiger partial charge in [-0.2, -0.15) is 0 Å². The molecule has 0 aromatic heterocycles. The summed E-state index contributed by atoms with van der Waals surface area (Å²) in [6, 6.07) is 17.2. The first-order valence-corrected chi connectivity index (χ1v) is 7.67. The van der Waals surface area contributed by atoms with E-state index in [1.807, 2.05) is 12.1 Å². The molecule has 1 heterocycles. The molecule has 1 saturated heterocycles. The Bertz CT molecular complexity index is 622. The van der Waals surface area contributed by atoms with Gasteiger partial charge in [-0.3, -0.25) is 4.90 Å². The average Bonchev–Trinajstić information content (AvgIpc) is 2.91. The molecule has 114 valence electrons. The Balaban J connectivity index is 1.57. The highest BCUT2D eigenvalue weighted by Crippen LogP contribution is 2.26. The van der Waals surface area contributed by atoms with E-state index in [1.54, 1.807) is 12.1 Å². The molecule has 0 spiro atoms. The summed E-state index contributed by atoms with van der Waals surface area (Å²) in [4.78, 5) is 2.36. The van der Waals surface area contributed by atoms with Crippen molar-refractivity contribution < 1.29 is 4.39 Å². The smallest absolute Gasteiger partial charge is 0.123 e. The molecule has 22 heavy (non-hydrogen) atoms. The fourth-order valence-corrected chi connectivity index (χ4v) is 3.03. The van der Waals surface area contributed by atoms with Gasteiger partial charge in [0.15, 0.2) is 0 Å². The van der Waals surface area contributed by atoms with E-state index in [9.17, 15) is 4.39 Å². The summed E-state index contributed by atoms with van der Waals surface area (Å²) in [5, 5.41) is 0. The molecule has 2 N–H and O–H groups in total. The largest absolute Gasteiger partial charge is 0.326 e. The quantitative estimate of drug-likeness (QED) is 0.938. The molecule has 1 fully saturated rings. The third kappa shape index (κ3) is 3.62. The highest BCUT2D eigenvalue weighted by atomic mass is 19.1. The van der Waals surface area contributed by atoms with Crippen molar-refractivity contribution >= 4 is 6.08 Å². The van der Waals surface area contributed by atoms with Crippen molar-refractivity contribution in [3.05, 3.63) is 77.6 Å². The van der Waals surface area contributed by atoms with E-state index < -0.39 is 0 Å². The lowest BCUT2D eigenvalue weighted by Crippen LogP contribution is -2.28. The Morgan fingerprint density at radius 2 is 1.77 bits per heavy atom. The van der Waals surface area contributed by atoms with Crippen molar-refractivity contribution in [2.45, 2.75) is 12.0 Å². The van der Waals surface area contributed by atoms with Gasteiger partial charge in [-0.25, -0.2) is 4.39 Å². The van der Waals surface area contributed by atoms with Gasteiger partial charge in [-0.05, 0) is 23.3 Å². The molecule has 2 aromatic carbocycles. The van der Waals surface area contributed by atoms with E-state index in [-0.39, 0.29) is 11.9 Å². The van der Waals surface area contributed by atoms with Crippen LogP contribution in [0.5, 0.6) is 0 Å². The van der Waals surface area contributed by atoms with Crippen LogP contribution in [0.15, 0.2) is 60.7 Å². The topological polar surface area (TPSA) is 29.3 Å². The number of hydrogen-bond donors (Lipinski definition) is 1. The molecule has 2 atom stereocenters. The maximum absolute atomic E-state index is 12.9. The molecule has 0 radical (unpaired) electrons. The number of nitrogens with two attached hydrogens (primary N) is 1. The molecule has 3 rings (SSSR count). The van der Waals surface area contributed by atoms with Gasteiger partial charge >= 0.3 is 0 Å². The maximum atomic E-state index is 12.9. The first kappa shape index (κ1) is 14.9. The lowest BCUT2D eigenvalue weighted by Gasteiger charge is -2.14. The molecule has 2 aromatic rings. The van der Waals surface area contributed by atoms with Gasteiger partial charge in [-0.15, -0.1) is 0 Å². The number of nitrogens with zero attached hydrogens (tertiary/aromatic N) is 1. The fourth-order valence-electron chi connectivity index (χ4n) is 3.03. The van der Waals surface area contributed by atoms with Crippen molar-refractivity contribution in [3.63, 3.8) is 0 Å². The number of hydrogen-bond acceptors (Lipinski definition) is 2. The second-order valence-corrected chi connectivity index (χ2v) is 5.85. The number of benzene rings is 2. The van der Waals surface area contributed by atoms with E-state index in [1.165, 1.54) is 17.7 Å². The maximum Gasteiger partial charge on any atom is 0.123 e. The van der Waals surface area contributed by atoms with Crippen LogP contribution in [0.1, 0.15) is 17.0 Å². The SMILES string of the molecule is N[C@@H]1CN(C/C=C/c2ccc(F)cc2)C[C@H]1c1ccccc1. The summed E-state index contributed by atoms with van der Waals surface area (Å²) in [7, 11) is 0. The minimum atomic E-state index is -0.201. The van der Waals surface area contributed by atoms with Crippen molar-refractivity contribution in [2.75, 3.05) is 19.6 Å². The Hall–Kier alpha value is -1.97. The molecule has 0 bridgehead atoms. The van der Waals surface area contributed by atoms with Gasteiger partial charge in [-0.1, -0.05) is 54.6 Å². The van der Waals surface area contributed by atoms with Crippen LogP contribution < -0.4 is 5.73 Å². The highest BCUT2D eigenvalue weighted by molar-refractivity contribution is 5.49. The molecule has 1 aliphatic rings. The zero-order valence-corrected chi connectivity index (χ0v) is 12.5. The lowest BCUT2D eigenvalue weighted by molar-refractivity contribution is 0.369. The Morgan fingerprint density at radius 1 is 1.05 bits per heavy atom. The van der Waals surface area contributed by atoms with Gasteiger partial charge < -0.3 is 5.73 Å². The molecule has 0 saturated carbocycles. The zero-order valence-electron chi connectivity index (χ0n) is 12.5. The van der Waals surface area contributed by atoms with Crippen LogP contribution in [0, 0.1) is 5.82 Å². The Kier molecular flexibility index (Phi) is 4.66. The van der Waals surface area contributed by atoms with Crippen molar-refractivity contribution in [2.24, 2.45) is 5.73 Å². The molecule has 3 heteroatoms. The fraction of sp³-hybridized carbons (Fsp3) is 0.263. The third-order valence-corrected chi connectivity index (χ3v) is 4.21. The van der Waals surface area contributed by atoms with Gasteiger partial charge in [0.2, 0.25) is 0 Å². The monoisotopic (exact) mass is 296 g/mol. The summed E-state index contributed by atoms with van der Waals surface area (Å²) in [5.41, 5.74) is 8.63. The molecule has 1 aliphatic heterocycles. The molecular weight excluding hydrogens is 275 g/mol. The minimum Gasteiger partial charge on any atom is -0.326 e. The van der Waals surface area contributed by atoms with Crippen LogP contribution in [0.25, 0.3) is 6.08 Å². The van der Waals surface area contributed by atoms with E-state index in [2.05, 4.69) is 35.2 Å². The Labute approximate surface area is 131 Å². The predicted molar refractivity (Wildman–Crippen MR) is 89.0 cm³/mol. The molecular formula is C19H21FN2. The van der Waals surface area contributed by atoms with E-state index >= 15 is 0 Å². The average molecular weight is 296 g/mol. The van der Waals surface area contributed by atoms with Gasteiger partial charge in [0.25, 0.3) is 0 Å². The van der Waals surface area contributed by atoms with Crippen LogP contribution in [0.2, 0.25) is 0 Å². The predicted octanol–water partition coefficient (Wildman–Crippen LogP) is 3.27. The molecule has 2 nitrogen and oxygen atoms in total. The van der Waals surface area contributed by atoms with Crippen LogP contribution in [0.3, 0.4) is 0 Å². The van der Waals surface area contributed by atoms with Gasteiger partial charge in [0, 0.05) is 31.6 Å². The summed E-state index contributed by atoms with van der Waals surface area (Å²) < 4.78 is 12.9. The summed E-state index contributed by atoms with van der Waals surface area (Å²) in [5.74, 6) is 0.203. The van der Waals surface area contributed by atoms with E-state index in [4.69, 9.17) is 5.73 Å². The minimum absolute atomic E-state index is 0.182. The van der Waals surface area contributed by atoms with E-state index in [0.29, 0.717) is 5.92 Å². The van der Waals surface area contributed by atoms with Gasteiger partial charge in [0.05, 0.1) is 0 Å². The molecule has 0 aliphatic carbocycles. The second kappa shape index (κ2) is 6.86. The standard InChI is InChI=1S/C19H21FN2/c20-17-10-8-15(9-11-17)5-4-12-22-13-18(19(21)14-22)16-6-2-1-3-7-16/h1-11,18-19H,12-14,21H2/b5-4+/t18-,19+/m0/s1. The highest BCUT2D eigenvalue weighted by Gasteiger charge is 2.30. The first-order valence-electron chi connectivity index (χ1n) is 7.67. The number of halogens is 1. The lowest BCUT2D eigenvalue weighted by atomic mass is 9.95. The summed E-state index contributed by atoms with van der Waals surface area (Å²) >= 11 is 0. The van der Waals surface area contributed by atoms with Crippen LogP contribution in [0.4, 0.5) is 4.39 Å². The van der Waals surface area contributed by atoms with Crippen LogP contribution >= 0.6 is 0 Å². The first-order chi connectivity index (χ1) is 10.7. The van der Waals surface area contributed by atoms with E-state index in [0.717, 1.165) is 25.2 Å². The van der Waals surface area contributed by atoms with Crippen LogP contribution in [-0.4, -0.2) is 30.6 Å². The summed E-state index contributed by atoms with van der Waals surface area (Å²) in [6.45, 7) is 2.76. The van der Waals surface area contributed by atoms with Gasteiger partial charge in [0.1, 0.15) is 5.82 Å². The Morgan fingerprint density at radius 3 is 2.50 bits per heavy atom. The van der Waals surface area contributed by atoms with Crippen LogP contribution in [-0.2, 0) is 0 Å². The van der Waals surface area contributed by atoms with Crippen molar-refractivity contribution in [3.8, 4) is 0 Å². The summed E-state index contributed by atoms with van der Waals surface area (Å²) in [6.07, 6.45) is 4.15. The zero-order chi connectivity index (χ0) is 15.4. The molecule has 0 amide bonds.